The lowest BCUT2D eigenvalue weighted by Crippen LogP contribution is -2.30. The summed E-state index contributed by atoms with van der Waals surface area (Å²) >= 11 is 0. The first-order valence-electron chi connectivity index (χ1n) is 5.90. The lowest BCUT2D eigenvalue weighted by molar-refractivity contribution is -0.138. The van der Waals surface area contributed by atoms with Gasteiger partial charge in [-0.25, -0.2) is 8.78 Å². The molecular formula is C13H17F2NO2. The molecule has 0 bridgehead atoms. The molecule has 0 radical (unpaired) electrons. The maximum absolute atomic E-state index is 13.7. The Kier molecular flexibility index (Phi) is 5.22. The third kappa shape index (κ3) is 3.50. The first-order valence-corrected chi connectivity index (χ1v) is 5.90. The van der Waals surface area contributed by atoms with Crippen molar-refractivity contribution in [3.63, 3.8) is 0 Å². The minimum Gasteiger partial charge on any atom is -0.481 e. The van der Waals surface area contributed by atoms with Crippen molar-refractivity contribution in [1.29, 1.82) is 0 Å². The van der Waals surface area contributed by atoms with Crippen LogP contribution in [0.5, 0.6) is 0 Å². The zero-order chi connectivity index (χ0) is 13.7. The van der Waals surface area contributed by atoms with E-state index in [0.717, 1.165) is 12.1 Å². The fourth-order valence-electron chi connectivity index (χ4n) is 2.04. The summed E-state index contributed by atoms with van der Waals surface area (Å²) < 4.78 is 26.6. The predicted octanol–water partition coefficient (Wildman–Crippen LogP) is 2.82. The van der Waals surface area contributed by atoms with Crippen molar-refractivity contribution in [3.05, 3.63) is 35.4 Å². The normalized spacial score (nSPS) is 12.7. The highest BCUT2D eigenvalue weighted by atomic mass is 19.1. The average Bonchev–Trinajstić information content (AvgIpc) is 2.29. The van der Waals surface area contributed by atoms with Gasteiger partial charge in [-0.3, -0.25) is 9.69 Å². The van der Waals surface area contributed by atoms with Gasteiger partial charge >= 0.3 is 5.97 Å². The maximum Gasteiger partial charge on any atom is 0.305 e. The Labute approximate surface area is 105 Å². The van der Waals surface area contributed by atoms with Crippen LogP contribution in [0.1, 0.15) is 31.9 Å². The molecule has 0 aliphatic rings. The number of halogens is 2. The largest absolute Gasteiger partial charge is 0.481 e. The average molecular weight is 257 g/mol. The first-order chi connectivity index (χ1) is 8.49. The van der Waals surface area contributed by atoms with Crippen molar-refractivity contribution in [3.8, 4) is 0 Å². The van der Waals surface area contributed by atoms with Crippen molar-refractivity contribution >= 4 is 5.97 Å². The first kappa shape index (κ1) is 14.6. The second kappa shape index (κ2) is 6.44. The van der Waals surface area contributed by atoms with Crippen LogP contribution in [0.15, 0.2) is 18.2 Å². The minimum absolute atomic E-state index is 0.204. The molecule has 1 atom stereocenters. The number of carboxylic acids is 1. The maximum atomic E-state index is 13.7. The lowest BCUT2D eigenvalue weighted by Gasteiger charge is -2.29. The summed E-state index contributed by atoms with van der Waals surface area (Å²) in [4.78, 5) is 12.7. The lowest BCUT2D eigenvalue weighted by atomic mass is 10.0. The molecule has 5 heteroatoms. The number of carbonyl (C=O) groups is 1. The summed E-state index contributed by atoms with van der Waals surface area (Å²) in [6.45, 7) is 4.95. The Balaban J connectivity index is 3.11. The fraction of sp³-hybridized carbons (Fsp3) is 0.462. The van der Waals surface area contributed by atoms with Crippen LogP contribution in [0.4, 0.5) is 8.78 Å². The van der Waals surface area contributed by atoms with Crippen LogP contribution < -0.4 is 0 Å². The van der Waals surface area contributed by atoms with E-state index in [-0.39, 0.29) is 12.0 Å². The second-order valence-electron chi connectivity index (χ2n) is 4.00. The Morgan fingerprint density at radius 3 is 2.39 bits per heavy atom. The standard InChI is InChI=1S/C13H17F2NO2/c1-3-16(4-2)12(8-13(17)18)10-6-5-9(14)7-11(10)15/h5-7,12H,3-4,8H2,1-2H3,(H,17,18). The van der Waals surface area contributed by atoms with Gasteiger partial charge in [-0.05, 0) is 19.2 Å². The molecule has 1 unspecified atom stereocenters. The topological polar surface area (TPSA) is 40.5 Å². The van der Waals surface area contributed by atoms with Crippen LogP contribution in [0.2, 0.25) is 0 Å². The van der Waals surface area contributed by atoms with Gasteiger partial charge in [0.15, 0.2) is 0 Å². The molecule has 1 aromatic carbocycles. The van der Waals surface area contributed by atoms with Gasteiger partial charge in [0.2, 0.25) is 0 Å². The summed E-state index contributed by atoms with van der Waals surface area (Å²) in [5.74, 6) is -2.37. The predicted molar refractivity (Wildman–Crippen MR) is 64.3 cm³/mol. The van der Waals surface area contributed by atoms with E-state index in [9.17, 15) is 13.6 Å². The Morgan fingerprint density at radius 1 is 1.33 bits per heavy atom. The highest BCUT2D eigenvalue weighted by Crippen LogP contribution is 2.26. The van der Waals surface area contributed by atoms with Crippen LogP contribution in [-0.4, -0.2) is 29.1 Å². The zero-order valence-electron chi connectivity index (χ0n) is 10.5. The number of benzene rings is 1. The molecule has 0 aliphatic carbocycles. The van der Waals surface area contributed by atoms with E-state index < -0.39 is 23.6 Å². The summed E-state index contributed by atoms with van der Waals surface area (Å²) in [5, 5.41) is 8.91. The van der Waals surface area contributed by atoms with Crippen molar-refractivity contribution in [1.82, 2.24) is 4.90 Å². The molecule has 0 saturated heterocycles. The number of hydrogen-bond acceptors (Lipinski definition) is 2. The summed E-state index contributed by atoms with van der Waals surface area (Å²) in [6.07, 6.45) is -0.204. The minimum atomic E-state index is -1.00. The number of carboxylic acid groups (broad SMARTS) is 1. The number of aliphatic carboxylic acids is 1. The Morgan fingerprint density at radius 2 is 1.94 bits per heavy atom. The molecule has 1 aromatic rings. The molecule has 18 heavy (non-hydrogen) atoms. The summed E-state index contributed by atoms with van der Waals surface area (Å²) in [7, 11) is 0. The van der Waals surface area contributed by atoms with Gasteiger partial charge in [0.05, 0.1) is 6.42 Å². The number of nitrogens with zero attached hydrogens (tertiary/aromatic N) is 1. The van der Waals surface area contributed by atoms with Crippen molar-refractivity contribution < 1.29 is 18.7 Å². The van der Waals surface area contributed by atoms with Crippen molar-refractivity contribution in [2.24, 2.45) is 0 Å². The second-order valence-corrected chi connectivity index (χ2v) is 4.00. The molecule has 0 fully saturated rings. The molecule has 0 saturated carbocycles. The van der Waals surface area contributed by atoms with E-state index in [1.165, 1.54) is 6.07 Å². The van der Waals surface area contributed by atoms with Crippen LogP contribution >= 0.6 is 0 Å². The highest BCUT2D eigenvalue weighted by molar-refractivity contribution is 5.68. The third-order valence-corrected chi connectivity index (χ3v) is 2.94. The van der Waals surface area contributed by atoms with Crippen LogP contribution in [0, 0.1) is 11.6 Å². The van der Waals surface area contributed by atoms with E-state index in [0.29, 0.717) is 13.1 Å². The molecule has 0 spiro atoms. The van der Waals surface area contributed by atoms with E-state index in [1.54, 1.807) is 0 Å². The van der Waals surface area contributed by atoms with Crippen LogP contribution in [0.3, 0.4) is 0 Å². The number of rotatable bonds is 6. The smallest absolute Gasteiger partial charge is 0.305 e. The van der Waals surface area contributed by atoms with E-state index in [4.69, 9.17) is 5.11 Å². The van der Waals surface area contributed by atoms with Gasteiger partial charge in [-0.15, -0.1) is 0 Å². The third-order valence-electron chi connectivity index (χ3n) is 2.94. The molecule has 1 N–H and O–H groups in total. The molecule has 3 nitrogen and oxygen atoms in total. The zero-order valence-corrected chi connectivity index (χ0v) is 10.5. The van der Waals surface area contributed by atoms with E-state index in [1.807, 2.05) is 18.7 Å². The van der Waals surface area contributed by atoms with E-state index >= 15 is 0 Å². The SMILES string of the molecule is CCN(CC)C(CC(=O)O)c1ccc(F)cc1F. The van der Waals surface area contributed by atoms with Gasteiger partial charge in [0.1, 0.15) is 11.6 Å². The summed E-state index contributed by atoms with van der Waals surface area (Å²) in [6, 6.07) is 2.68. The van der Waals surface area contributed by atoms with Gasteiger partial charge in [0.25, 0.3) is 0 Å². The molecule has 0 heterocycles. The summed E-state index contributed by atoms with van der Waals surface area (Å²) in [5.41, 5.74) is 0.225. The molecule has 1 rings (SSSR count). The molecule has 0 aromatic heterocycles. The quantitative estimate of drug-likeness (QED) is 0.852. The van der Waals surface area contributed by atoms with Gasteiger partial charge in [-0.2, -0.15) is 0 Å². The van der Waals surface area contributed by atoms with E-state index in [2.05, 4.69) is 0 Å². The van der Waals surface area contributed by atoms with Crippen LogP contribution in [-0.2, 0) is 4.79 Å². The van der Waals surface area contributed by atoms with Gasteiger partial charge in [-0.1, -0.05) is 19.9 Å². The van der Waals surface area contributed by atoms with Crippen molar-refractivity contribution in [2.75, 3.05) is 13.1 Å². The Hall–Kier alpha value is -1.49. The van der Waals surface area contributed by atoms with Crippen molar-refractivity contribution in [2.45, 2.75) is 26.3 Å². The van der Waals surface area contributed by atoms with Gasteiger partial charge in [0, 0.05) is 17.7 Å². The monoisotopic (exact) mass is 257 g/mol. The molecule has 0 amide bonds. The molecule has 100 valence electrons. The Bertz CT molecular complexity index is 419. The van der Waals surface area contributed by atoms with Gasteiger partial charge < -0.3 is 5.11 Å². The molecule has 0 aliphatic heterocycles. The highest BCUT2D eigenvalue weighted by Gasteiger charge is 2.24. The molecular weight excluding hydrogens is 240 g/mol. The number of hydrogen-bond donors (Lipinski definition) is 1. The van der Waals surface area contributed by atoms with Crippen LogP contribution in [0.25, 0.3) is 0 Å². The fourth-order valence-corrected chi connectivity index (χ4v) is 2.04.